The molecule has 1 unspecified atom stereocenters. The molecule has 2 aromatic carbocycles. The quantitative estimate of drug-likeness (QED) is 0.691. The van der Waals surface area contributed by atoms with Gasteiger partial charge in [0, 0.05) is 59.8 Å². The first-order valence-electron chi connectivity index (χ1n) is 8.61. The third kappa shape index (κ3) is 2.51. The normalized spacial score (nSPS) is 20.7. The lowest BCUT2D eigenvalue weighted by Gasteiger charge is -2.41. The Morgan fingerprint density at radius 2 is 1.92 bits per heavy atom. The van der Waals surface area contributed by atoms with Crippen LogP contribution in [0.4, 0.5) is 5.69 Å². The molecule has 0 spiro atoms. The second-order valence-electron chi connectivity index (χ2n) is 6.73. The van der Waals surface area contributed by atoms with E-state index in [-0.39, 0.29) is 11.8 Å². The van der Waals surface area contributed by atoms with Gasteiger partial charge in [0.1, 0.15) is 0 Å². The maximum atomic E-state index is 12.2. The Morgan fingerprint density at radius 1 is 1.16 bits per heavy atom. The van der Waals surface area contributed by atoms with Gasteiger partial charge in [0.05, 0.1) is 0 Å². The van der Waals surface area contributed by atoms with Crippen molar-refractivity contribution in [3.63, 3.8) is 0 Å². The summed E-state index contributed by atoms with van der Waals surface area (Å²) in [7, 11) is 0. The van der Waals surface area contributed by atoms with E-state index in [1.54, 1.807) is 6.07 Å². The minimum absolute atomic E-state index is 0.316. The summed E-state index contributed by atoms with van der Waals surface area (Å²) >= 11 is 0. The summed E-state index contributed by atoms with van der Waals surface area (Å²) in [4.78, 5) is 29.1. The highest BCUT2D eigenvalue weighted by Crippen LogP contribution is 2.35. The number of imide groups is 1. The van der Waals surface area contributed by atoms with Crippen LogP contribution in [0, 0.1) is 0 Å². The average Bonchev–Trinajstić information content (AvgIpc) is 2.60. The lowest BCUT2D eigenvalue weighted by Crippen LogP contribution is -2.52. The largest absolute Gasteiger partial charge is 0.366 e. The fourth-order valence-electron chi connectivity index (χ4n) is 4.00. The van der Waals surface area contributed by atoms with Gasteiger partial charge in [-0.25, -0.2) is 0 Å². The zero-order valence-electron chi connectivity index (χ0n) is 14.3. The summed E-state index contributed by atoms with van der Waals surface area (Å²) in [5.41, 5.74) is 2.24. The molecule has 2 heterocycles. The van der Waals surface area contributed by atoms with Gasteiger partial charge in [0.15, 0.2) is 0 Å². The molecule has 0 saturated carbocycles. The van der Waals surface area contributed by atoms with Crippen LogP contribution in [-0.4, -0.2) is 48.9 Å². The molecule has 1 saturated heterocycles. The van der Waals surface area contributed by atoms with Crippen LogP contribution < -0.4 is 10.2 Å². The summed E-state index contributed by atoms with van der Waals surface area (Å²) in [5, 5.41) is 4.16. The van der Waals surface area contributed by atoms with Crippen LogP contribution in [0.1, 0.15) is 27.6 Å². The number of hydrogen-bond acceptors (Lipinski definition) is 4. The van der Waals surface area contributed by atoms with Crippen molar-refractivity contribution < 1.29 is 9.59 Å². The Morgan fingerprint density at radius 3 is 2.64 bits per heavy atom. The zero-order chi connectivity index (χ0) is 17.6. The van der Waals surface area contributed by atoms with Crippen LogP contribution in [0.5, 0.6) is 0 Å². The van der Waals surface area contributed by atoms with Crippen LogP contribution in [-0.2, 0) is 0 Å². The summed E-state index contributed by atoms with van der Waals surface area (Å²) < 4.78 is 0. The lowest BCUT2D eigenvalue weighted by atomic mass is 9.93. The van der Waals surface area contributed by atoms with Gasteiger partial charge >= 0.3 is 0 Å². The van der Waals surface area contributed by atoms with Crippen molar-refractivity contribution in [3.8, 4) is 0 Å². The molecule has 0 aliphatic carbocycles. The summed E-state index contributed by atoms with van der Waals surface area (Å²) in [6.45, 7) is 9.78. The topological polar surface area (TPSA) is 52.6 Å². The molecule has 1 N–H and O–H groups in total. The molecular formula is C20H21N3O2. The van der Waals surface area contributed by atoms with Crippen LogP contribution in [0.15, 0.2) is 43.0 Å². The van der Waals surface area contributed by atoms with Gasteiger partial charge in [0.25, 0.3) is 11.8 Å². The fraction of sp³-hybridized carbons (Fsp3) is 0.300. The van der Waals surface area contributed by atoms with E-state index in [9.17, 15) is 9.59 Å². The third-order valence-electron chi connectivity index (χ3n) is 5.14. The molecule has 5 nitrogen and oxygen atoms in total. The molecular weight excluding hydrogens is 314 g/mol. The molecule has 0 bridgehead atoms. The van der Waals surface area contributed by atoms with Gasteiger partial charge < -0.3 is 4.90 Å². The number of rotatable bonds is 3. The van der Waals surface area contributed by atoms with Gasteiger partial charge in [-0.05, 0) is 25.1 Å². The van der Waals surface area contributed by atoms with E-state index in [4.69, 9.17) is 0 Å². The Labute approximate surface area is 146 Å². The van der Waals surface area contributed by atoms with E-state index in [0.29, 0.717) is 17.2 Å². The number of carbonyl (C=O) groups excluding carboxylic acids is 2. The molecule has 2 aromatic rings. The van der Waals surface area contributed by atoms with Crippen molar-refractivity contribution in [1.29, 1.82) is 0 Å². The maximum Gasteiger partial charge on any atom is 0.258 e. The summed E-state index contributed by atoms with van der Waals surface area (Å²) in [6.07, 6.45) is 1.94. The maximum absolute atomic E-state index is 12.2. The molecule has 2 amide bonds. The van der Waals surface area contributed by atoms with Crippen molar-refractivity contribution in [3.05, 3.63) is 54.1 Å². The van der Waals surface area contributed by atoms with Crippen molar-refractivity contribution in [2.45, 2.75) is 13.0 Å². The number of piperazine rings is 1. The highest BCUT2D eigenvalue weighted by molar-refractivity contribution is 6.26. The number of anilines is 1. The smallest absolute Gasteiger partial charge is 0.258 e. The Hall–Kier alpha value is -2.66. The van der Waals surface area contributed by atoms with Gasteiger partial charge in [-0.15, -0.1) is 6.58 Å². The van der Waals surface area contributed by atoms with E-state index in [1.165, 1.54) is 0 Å². The second-order valence-corrected chi connectivity index (χ2v) is 6.73. The van der Waals surface area contributed by atoms with Gasteiger partial charge in [-0.1, -0.05) is 18.2 Å². The first-order chi connectivity index (χ1) is 12.1. The molecule has 4 rings (SSSR count). The first kappa shape index (κ1) is 15.8. The SMILES string of the molecule is C=CCN1CCN(c2ccc3c4c(cccc24)C(=O)NC3=O)C(C)C1. The molecule has 128 valence electrons. The standard InChI is InChI=1S/C20H21N3O2/c1-3-9-22-10-11-23(13(2)12-22)17-8-7-16-18-14(17)5-4-6-15(18)19(24)21-20(16)25/h3-8,13H,1,9-12H2,2H3,(H,21,24,25). The highest BCUT2D eigenvalue weighted by Gasteiger charge is 2.29. The van der Waals surface area contributed by atoms with E-state index in [2.05, 4.69) is 28.6 Å². The lowest BCUT2D eigenvalue weighted by molar-refractivity contribution is 0.0845. The number of nitrogens with one attached hydrogen (secondary N) is 1. The van der Waals surface area contributed by atoms with Crippen molar-refractivity contribution in [1.82, 2.24) is 10.2 Å². The van der Waals surface area contributed by atoms with E-state index >= 15 is 0 Å². The number of nitrogens with zero attached hydrogens (tertiary/aromatic N) is 2. The number of carbonyl (C=O) groups is 2. The predicted octanol–water partition coefficient (Wildman–Crippen LogP) is 2.42. The van der Waals surface area contributed by atoms with E-state index < -0.39 is 0 Å². The molecule has 25 heavy (non-hydrogen) atoms. The summed E-state index contributed by atoms with van der Waals surface area (Å²) in [5.74, 6) is -0.631. The molecule has 0 aromatic heterocycles. The van der Waals surface area contributed by atoms with Crippen LogP contribution >= 0.6 is 0 Å². The minimum atomic E-state index is -0.316. The van der Waals surface area contributed by atoms with Gasteiger partial charge in [-0.2, -0.15) is 0 Å². The summed E-state index contributed by atoms with van der Waals surface area (Å²) in [6, 6.07) is 9.87. The van der Waals surface area contributed by atoms with Crippen molar-refractivity contribution in [2.75, 3.05) is 31.1 Å². The third-order valence-corrected chi connectivity index (χ3v) is 5.14. The van der Waals surface area contributed by atoms with Crippen molar-refractivity contribution in [2.24, 2.45) is 0 Å². The number of amides is 2. The molecule has 0 radical (unpaired) electrons. The van der Waals surface area contributed by atoms with Crippen LogP contribution in [0.2, 0.25) is 0 Å². The number of benzene rings is 2. The molecule has 1 fully saturated rings. The molecule has 1 atom stereocenters. The minimum Gasteiger partial charge on any atom is -0.366 e. The predicted molar refractivity (Wildman–Crippen MR) is 99.2 cm³/mol. The Balaban J connectivity index is 1.80. The average molecular weight is 335 g/mol. The Bertz CT molecular complexity index is 870. The fourth-order valence-corrected chi connectivity index (χ4v) is 4.00. The van der Waals surface area contributed by atoms with Gasteiger partial charge in [-0.3, -0.25) is 19.8 Å². The van der Waals surface area contributed by atoms with Crippen LogP contribution in [0.3, 0.4) is 0 Å². The monoisotopic (exact) mass is 335 g/mol. The second kappa shape index (κ2) is 6.01. The van der Waals surface area contributed by atoms with E-state index in [0.717, 1.165) is 42.6 Å². The Kier molecular flexibility index (Phi) is 3.81. The molecule has 2 aliphatic heterocycles. The van der Waals surface area contributed by atoms with Gasteiger partial charge in [0.2, 0.25) is 0 Å². The van der Waals surface area contributed by atoms with E-state index in [1.807, 2.05) is 30.3 Å². The van der Waals surface area contributed by atoms with Crippen LogP contribution in [0.25, 0.3) is 10.8 Å². The highest BCUT2D eigenvalue weighted by atomic mass is 16.2. The molecule has 5 heteroatoms. The van der Waals surface area contributed by atoms with Crippen molar-refractivity contribution >= 4 is 28.3 Å². The first-order valence-corrected chi connectivity index (χ1v) is 8.61. The molecule has 2 aliphatic rings. The number of hydrogen-bond donors (Lipinski definition) is 1. The zero-order valence-corrected chi connectivity index (χ0v) is 14.3.